The van der Waals surface area contributed by atoms with Gasteiger partial charge in [-0.3, -0.25) is 15.2 Å². The van der Waals surface area contributed by atoms with E-state index in [1.165, 1.54) is 12.7 Å². The van der Waals surface area contributed by atoms with Gasteiger partial charge in [-0.1, -0.05) is 42.5 Å². The van der Waals surface area contributed by atoms with Crippen LogP contribution in [0.2, 0.25) is 0 Å². The summed E-state index contributed by atoms with van der Waals surface area (Å²) in [4.78, 5) is 20.5. The first kappa shape index (κ1) is 23.9. The Morgan fingerprint density at radius 1 is 1.00 bits per heavy atom. The maximum atomic E-state index is 11.3. The van der Waals surface area contributed by atoms with Crippen molar-refractivity contribution < 1.29 is 9.53 Å². The highest BCUT2D eigenvalue weighted by atomic mass is 127. The summed E-state index contributed by atoms with van der Waals surface area (Å²) in [5, 5.41) is 6.09. The zero-order chi connectivity index (χ0) is 20.5. The van der Waals surface area contributed by atoms with Crippen molar-refractivity contribution in [2.45, 2.75) is 13.1 Å². The first-order valence-electron chi connectivity index (χ1n) is 9.83. The van der Waals surface area contributed by atoms with E-state index in [-0.39, 0.29) is 24.0 Å². The Morgan fingerprint density at radius 3 is 2.27 bits per heavy atom. The quantitative estimate of drug-likeness (QED) is 0.358. The lowest BCUT2D eigenvalue weighted by atomic mass is 10.2. The number of ether oxygens (including phenoxy) is 1. The molecule has 2 N–H and O–H groups in total. The highest BCUT2D eigenvalue weighted by Gasteiger charge is 2.19. The molecule has 2 aromatic rings. The summed E-state index contributed by atoms with van der Waals surface area (Å²) in [6, 6.07) is 18.3. The molecule has 8 heteroatoms. The molecule has 0 saturated carbocycles. The number of rotatable bonds is 5. The number of benzene rings is 2. The van der Waals surface area contributed by atoms with Gasteiger partial charge in [0.25, 0.3) is 0 Å². The Labute approximate surface area is 195 Å². The number of piperazine rings is 1. The number of amides is 1. The van der Waals surface area contributed by atoms with Crippen LogP contribution in [-0.4, -0.2) is 62.2 Å². The van der Waals surface area contributed by atoms with Gasteiger partial charge in [-0.15, -0.1) is 24.0 Å². The van der Waals surface area contributed by atoms with Gasteiger partial charge in [-0.05, 0) is 23.3 Å². The SMILES string of the molecule is CN=C(NCc1ccc(NC(=O)OC)cc1)N1CCN(Cc2ccccc2)CC1.I. The van der Waals surface area contributed by atoms with Crippen LogP contribution in [0.1, 0.15) is 11.1 Å². The number of halogens is 1. The topological polar surface area (TPSA) is 69.2 Å². The van der Waals surface area contributed by atoms with Crippen LogP contribution in [-0.2, 0) is 17.8 Å². The third-order valence-electron chi connectivity index (χ3n) is 4.97. The summed E-state index contributed by atoms with van der Waals surface area (Å²) in [6.45, 7) is 5.61. The van der Waals surface area contributed by atoms with E-state index in [0.717, 1.165) is 44.2 Å². The molecule has 2 aromatic carbocycles. The highest BCUT2D eigenvalue weighted by Crippen LogP contribution is 2.11. The van der Waals surface area contributed by atoms with Gasteiger partial charge in [-0.2, -0.15) is 0 Å². The van der Waals surface area contributed by atoms with Crippen LogP contribution >= 0.6 is 24.0 Å². The van der Waals surface area contributed by atoms with Crippen LogP contribution in [0, 0.1) is 0 Å². The molecule has 1 amide bonds. The van der Waals surface area contributed by atoms with Crippen molar-refractivity contribution >= 4 is 41.7 Å². The van der Waals surface area contributed by atoms with Crippen molar-refractivity contribution in [3.05, 3.63) is 65.7 Å². The lowest BCUT2D eigenvalue weighted by Crippen LogP contribution is -2.52. The molecule has 0 unspecified atom stereocenters. The minimum Gasteiger partial charge on any atom is -0.453 e. The van der Waals surface area contributed by atoms with Crippen molar-refractivity contribution in [2.24, 2.45) is 4.99 Å². The summed E-state index contributed by atoms with van der Waals surface area (Å²) < 4.78 is 4.60. The van der Waals surface area contributed by atoms with Gasteiger partial charge >= 0.3 is 6.09 Å². The lowest BCUT2D eigenvalue weighted by Gasteiger charge is -2.36. The smallest absolute Gasteiger partial charge is 0.411 e. The fourth-order valence-electron chi connectivity index (χ4n) is 3.35. The number of guanidine groups is 1. The van der Waals surface area contributed by atoms with E-state index in [1.54, 1.807) is 0 Å². The number of nitrogens with one attached hydrogen (secondary N) is 2. The molecule has 0 atom stereocenters. The van der Waals surface area contributed by atoms with Crippen LogP contribution in [0.25, 0.3) is 0 Å². The Bertz CT molecular complexity index is 806. The van der Waals surface area contributed by atoms with Crippen LogP contribution < -0.4 is 10.6 Å². The third-order valence-corrected chi connectivity index (χ3v) is 4.97. The van der Waals surface area contributed by atoms with Crippen LogP contribution in [0.3, 0.4) is 0 Å². The molecule has 1 saturated heterocycles. The fraction of sp³-hybridized carbons (Fsp3) is 0.364. The number of aliphatic imine (C=N–C) groups is 1. The Hall–Kier alpha value is -2.33. The van der Waals surface area contributed by atoms with E-state index in [2.05, 4.69) is 60.5 Å². The number of hydrogen-bond donors (Lipinski definition) is 2. The van der Waals surface area contributed by atoms with Gasteiger partial charge in [0.05, 0.1) is 7.11 Å². The number of nitrogens with zero attached hydrogens (tertiary/aromatic N) is 3. The van der Waals surface area contributed by atoms with E-state index < -0.39 is 6.09 Å². The van der Waals surface area contributed by atoms with Gasteiger partial charge in [0.2, 0.25) is 0 Å². The van der Waals surface area contributed by atoms with Crippen molar-refractivity contribution in [1.29, 1.82) is 0 Å². The van der Waals surface area contributed by atoms with E-state index in [4.69, 9.17) is 0 Å². The van der Waals surface area contributed by atoms with E-state index >= 15 is 0 Å². The van der Waals surface area contributed by atoms with Crippen molar-refractivity contribution in [3.63, 3.8) is 0 Å². The van der Waals surface area contributed by atoms with Gasteiger partial charge in [0.1, 0.15) is 0 Å². The highest BCUT2D eigenvalue weighted by molar-refractivity contribution is 14.0. The van der Waals surface area contributed by atoms with E-state index in [1.807, 2.05) is 31.3 Å². The number of hydrogen-bond acceptors (Lipinski definition) is 4. The Morgan fingerprint density at radius 2 is 1.67 bits per heavy atom. The molecule has 7 nitrogen and oxygen atoms in total. The summed E-state index contributed by atoms with van der Waals surface area (Å²) in [7, 11) is 3.17. The van der Waals surface area contributed by atoms with E-state index in [0.29, 0.717) is 12.2 Å². The second-order valence-corrected chi connectivity index (χ2v) is 6.96. The summed E-state index contributed by atoms with van der Waals surface area (Å²) in [5.41, 5.74) is 3.18. The molecule has 1 fully saturated rings. The zero-order valence-electron chi connectivity index (χ0n) is 17.5. The molecule has 3 rings (SSSR count). The second kappa shape index (κ2) is 12.4. The second-order valence-electron chi connectivity index (χ2n) is 6.96. The molecule has 1 aliphatic heterocycles. The van der Waals surface area contributed by atoms with E-state index in [9.17, 15) is 4.79 Å². The molecule has 0 radical (unpaired) electrons. The van der Waals surface area contributed by atoms with Gasteiger partial charge < -0.3 is 15.0 Å². The Balaban J connectivity index is 0.00000320. The molecule has 0 spiro atoms. The lowest BCUT2D eigenvalue weighted by molar-refractivity contribution is 0.172. The first-order valence-corrected chi connectivity index (χ1v) is 9.83. The largest absolute Gasteiger partial charge is 0.453 e. The molecule has 162 valence electrons. The molecule has 0 aromatic heterocycles. The maximum Gasteiger partial charge on any atom is 0.411 e. The monoisotopic (exact) mass is 523 g/mol. The normalized spacial score (nSPS) is 14.6. The van der Waals surface area contributed by atoms with Crippen molar-refractivity contribution in [1.82, 2.24) is 15.1 Å². The molecule has 0 bridgehead atoms. The van der Waals surface area contributed by atoms with Crippen molar-refractivity contribution in [3.8, 4) is 0 Å². The number of methoxy groups -OCH3 is 1. The summed E-state index contributed by atoms with van der Waals surface area (Å²) in [6.07, 6.45) is -0.470. The number of anilines is 1. The zero-order valence-corrected chi connectivity index (χ0v) is 19.8. The molecule has 1 aliphatic rings. The third kappa shape index (κ3) is 7.17. The fourth-order valence-corrected chi connectivity index (χ4v) is 3.35. The molecule has 0 aliphatic carbocycles. The van der Waals surface area contributed by atoms with Crippen LogP contribution in [0.5, 0.6) is 0 Å². The first-order chi connectivity index (χ1) is 14.2. The average Bonchev–Trinajstić information content (AvgIpc) is 2.77. The Kier molecular flexibility index (Phi) is 9.88. The maximum absolute atomic E-state index is 11.3. The standard InChI is InChI=1S/C22H29N5O2.HI/c1-23-21(24-16-18-8-10-20(11-9-18)25-22(28)29-2)27-14-12-26(13-15-27)17-19-6-4-3-5-7-19;/h3-11H,12-17H2,1-2H3,(H,23,24)(H,25,28);1H. The predicted octanol–water partition coefficient (Wildman–Crippen LogP) is 3.38. The minimum absolute atomic E-state index is 0. The predicted molar refractivity (Wildman–Crippen MR) is 131 cm³/mol. The molecule has 30 heavy (non-hydrogen) atoms. The average molecular weight is 523 g/mol. The summed E-state index contributed by atoms with van der Waals surface area (Å²) >= 11 is 0. The number of carbonyl (C=O) groups excluding carboxylic acids is 1. The minimum atomic E-state index is -0.470. The van der Waals surface area contributed by atoms with Gasteiger partial charge in [0.15, 0.2) is 5.96 Å². The van der Waals surface area contributed by atoms with Crippen LogP contribution in [0.4, 0.5) is 10.5 Å². The molecule has 1 heterocycles. The van der Waals surface area contributed by atoms with Gasteiger partial charge in [0, 0.05) is 52.0 Å². The van der Waals surface area contributed by atoms with Crippen LogP contribution in [0.15, 0.2) is 59.6 Å². The van der Waals surface area contributed by atoms with Gasteiger partial charge in [-0.25, -0.2) is 4.79 Å². The number of carbonyl (C=O) groups is 1. The molecular formula is C22H30IN5O2. The summed E-state index contributed by atoms with van der Waals surface area (Å²) in [5.74, 6) is 0.918. The van der Waals surface area contributed by atoms with Crippen molar-refractivity contribution in [2.75, 3.05) is 45.7 Å². The molecular weight excluding hydrogens is 493 g/mol.